The Labute approximate surface area is 97.2 Å². The van der Waals surface area contributed by atoms with Crippen molar-refractivity contribution in [2.75, 3.05) is 5.33 Å². The summed E-state index contributed by atoms with van der Waals surface area (Å²) in [6.07, 6.45) is 0.824. The van der Waals surface area contributed by atoms with Crippen LogP contribution < -0.4 is 5.32 Å². The third-order valence-electron chi connectivity index (χ3n) is 2.29. The fourth-order valence-electron chi connectivity index (χ4n) is 1.58. The minimum atomic E-state index is 0.00846. The molecule has 1 aromatic rings. The van der Waals surface area contributed by atoms with Crippen LogP contribution in [-0.4, -0.2) is 11.2 Å². The van der Waals surface area contributed by atoms with Gasteiger partial charge in [-0.3, -0.25) is 4.79 Å². The zero-order chi connectivity index (χ0) is 10.7. The first-order chi connectivity index (χ1) is 7.33. The van der Waals surface area contributed by atoms with Crippen molar-refractivity contribution >= 4 is 21.8 Å². The van der Waals surface area contributed by atoms with E-state index in [1.54, 1.807) is 0 Å². The van der Waals surface area contributed by atoms with E-state index in [1.165, 1.54) is 0 Å². The van der Waals surface area contributed by atoms with Gasteiger partial charge in [0, 0.05) is 29.4 Å². The summed E-state index contributed by atoms with van der Waals surface area (Å²) >= 11 is 3.33. The van der Waals surface area contributed by atoms with Crippen LogP contribution in [0.25, 0.3) is 0 Å². The van der Waals surface area contributed by atoms with Crippen molar-refractivity contribution in [2.45, 2.75) is 13.0 Å². The molecule has 0 aliphatic carbocycles. The van der Waals surface area contributed by atoms with Crippen LogP contribution in [0.1, 0.15) is 27.9 Å². The molecule has 2 rings (SSSR count). The third-order valence-corrected chi connectivity index (χ3v) is 2.69. The zero-order valence-electron chi connectivity index (χ0n) is 8.14. The van der Waals surface area contributed by atoms with Crippen molar-refractivity contribution < 1.29 is 4.79 Å². The molecular weight excluding hydrogens is 254 g/mol. The second-order valence-electron chi connectivity index (χ2n) is 3.26. The smallest absolute Gasteiger partial charge is 0.251 e. The van der Waals surface area contributed by atoms with Crippen molar-refractivity contribution in [1.29, 1.82) is 0 Å². The first kappa shape index (κ1) is 10.3. The molecule has 0 unspecified atom stereocenters. The number of amides is 1. The van der Waals surface area contributed by atoms with Crippen LogP contribution >= 0.6 is 15.9 Å². The highest BCUT2D eigenvalue weighted by Gasteiger charge is 2.20. The summed E-state index contributed by atoms with van der Waals surface area (Å²) in [5, 5.41) is 3.68. The van der Waals surface area contributed by atoms with Gasteiger partial charge in [-0.2, -0.15) is 0 Å². The Morgan fingerprint density at radius 1 is 1.47 bits per heavy atom. The van der Waals surface area contributed by atoms with E-state index in [1.807, 2.05) is 18.2 Å². The largest absolute Gasteiger partial charge is 0.348 e. The number of carbonyl (C=O) groups is 1. The zero-order valence-corrected chi connectivity index (χ0v) is 9.73. The van der Waals surface area contributed by atoms with Gasteiger partial charge in [0.15, 0.2) is 0 Å². The van der Waals surface area contributed by atoms with Gasteiger partial charge in [0.2, 0.25) is 0 Å². The average molecular weight is 264 g/mol. The van der Waals surface area contributed by atoms with Crippen molar-refractivity contribution in [2.24, 2.45) is 0 Å². The van der Waals surface area contributed by atoms with E-state index in [-0.39, 0.29) is 5.91 Å². The minimum absolute atomic E-state index is 0.00846. The number of halogens is 1. The Bertz CT molecular complexity index is 456. The maximum Gasteiger partial charge on any atom is 0.251 e. The number of benzene rings is 1. The quantitative estimate of drug-likeness (QED) is 0.610. The van der Waals surface area contributed by atoms with Crippen LogP contribution in [0.4, 0.5) is 0 Å². The number of alkyl halides is 1. The molecule has 0 fully saturated rings. The standard InChI is InChI=1S/C12H10BrNO/c13-7-2-1-4-9-5-3-6-10-11(9)8-14-12(10)15/h3,5-6H,2,7-8H2,(H,14,15). The second-order valence-corrected chi connectivity index (χ2v) is 4.05. The lowest BCUT2D eigenvalue weighted by Crippen LogP contribution is -2.12. The summed E-state index contributed by atoms with van der Waals surface area (Å²) < 4.78 is 0. The van der Waals surface area contributed by atoms with Crippen molar-refractivity contribution in [3.05, 3.63) is 34.9 Å². The monoisotopic (exact) mass is 263 g/mol. The minimum Gasteiger partial charge on any atom is -0.348 e. The van der Waals surface area contributed by atoms with Gasteiger partial charge in [-0.1, -0.05) is 33.8 Å². The van der Waals surface area contributed by atoms with E-state index < -0.39 is 0 Å². The van der Waals surface area contributed by atoms with Crippen LogP contribution in [0.2, 0.25) is 0 Å². The van der Waals surface area contributed by atoms with E-state index >= 15 is 0 Å². The van der Waals surface area contributed by atoms with E-state index in [2.05, 4.69) is 33.1 Å². The fourth-order valence-corrected chi connectivity index (χ4v) is 1.77. The van der Waals surface area contributed by atoms with Gasteiger partial charge < -0.3 is 5.32 Å². The van der Waals surface area contributed by atoms with Gasteiger partial charge in [-0.25, -0.2) is 0 Å². The number of rotatable bonds is 1. The molecule has 0 aromatic heterocycles. The molecule has 0 saturated heterocycles. The molecule has 0 radical (unpaired) electrons. The lowest BCUT2D eigenvalue weighted by molar-refractivity contribution is 0.0966. The van der Waals surface area contributed by atoms with Crippen LogP contribution in [0.5, 0.6) is 0 Å². The molecule has 0 saturated carbocycles. The highest BCUT2D eigenvalue weighted by Crippen LogP contribution is 2.18. The SMILES string of the molecule is O=C1NCc2c(C#CCCBr)cccc21. The molecule has 2 nitrogen and oxygen atoms in total. The van der Waals surface area contributed by atoms with E-state index in [0.29, 0.717) is 6.54 Å². The number of hydrogen-bond donors (Lipinski definition) is 1. The molecule has 0 atom stereocenters. The fraction of sp³-hybridized carbons (Fsp3) is 0.250. The molecule has 1 aliphatic heterocycles. The van der Waals surface area contributed by atoms with Crippen LogP contribution in [0, 0.1) is 11.8 Å². The highest BCUT2D eigenvalue weighted by molar-refractivity contribution is 9.09. The van der Waals surface area contributed by atoms with Crippen molar-refractivity contribution in [3.8, 4) is 11.8 Å². The molecule has 76 valence electrons. The van der Waals surface area contributed by atoms with Gasteiger partial charge >= 0.3 is 0 Å². The lowest BCUT2D eigenvalue weighted by atomic mass is 10.0. The number of carbonyl (C=O) groups excluding carboxylic acids is 1. The van der Waals surface area contributed by atoms with Crippen LogP contribution in [0.15, 0.2) is 18.2 Å². The normalized spacial score (nSPS) is 12.7. The van der Waals surface area contributed by atoms with E-state index in [9.17, 15) is 4.79 Å². The molecule has 3 heteroatoms. The summed E-state index contributed by atoms with van der Waals surface area (Å²) in [7, 11) is 0. The Hall–Kier alpha value is -1.27. The Morgan fingerprint density at radius 2 is 2.33 bits per heavy atom. The number of hydrogen-bond acceptors (Lipinski definition) is 1. The summed E-state index contributed by atoms with van der Waals surface area (Å²) in [5.74, 6) is 6.16. The summed E-state index contributed by atoms with van der Waals surface area (Å²) in [4.78, 5) is 11.4. The van der Waals surface area contributed by atoms with Gasteiger partial charge in [-0.15, -0.1) is 0 Å². The van der Waals surface area contributed by atoms with Gasteiger partial charge in [0.25, 0.3) is 5.91 Å². The van der Waals surface area contributed by atoms with Crippen molar-refractivity contribution in [3.63, 3.8) is 0 Å². The molecule has 0 spiro atoms. The Morgan fingerprint density at radius 3 is 3.13 bits per heavy atom. The van der Waals surface area contributed by atoms with Gasteiger partial charge in [-0.05, 0) is 17.7 Å². The van der Waals surface area contributed by atoms with E-state index in [0.717, 1.165) is 28.4 Å². The molecule has 1 amide bonds. The molecule has 1 aromatic carbocycles. The molecule has 0 bridgehead atoms. The molecule has 1 N–H and O–H groups in total. The summed E-state index contributed by atoms with van der Waals surface area (Å²) in [6.45, 7) is 0.604. The van der Waals surface area contributed by atoms with Crippen molar-refractivity contribution in [1.82, 2.24) is 5.32 Å². The topological polar surface area (TPSA) is 29.1 Å². The maximum atomic E-state index is 11.4. The number of fused-ring (bicyclic) bond motifs is 1. The average Bonchev–Trinajstić information content (AvgIpc) is 2.62. The molecule has 1 heterocycles. The molecule has 15 heavy (non-hydrogen) atoms. The summed E-state index contributed by atoms with van der Waals surface area (Å²) in [6, 6.07) is 5.68. The highest BCUT2D eigenvalue weighted by atomic mass is 79.9. The van der Waals surface area contributed by atoms with Gasteiger partial charge in [0.1, 0.15) is 0 Å². The molecular formula is C12H10BrNO. The Kier molecular flexibility index (Phi) is 3.08. The maximum absolute atomic E-state index is 11.4. The second kappa shape index (κ2) is 4.50. The third kappa shape index (κ3) is 2.05. The predicted octanol–water partition coefficient (Wildman–Crippen LogP) is 2.07. The first-order valence-electron chi connectivity index (χ1n) is 4.78. The Balaban J connectivity index is 2.35. The van der Waals surface area contributed by atoms with Crippen LogP contribution in [0.3, 0.4) is 0 Å². The number of nitrogens with one attached hydrogen (secondary N) is 1. The predicted molar refractivity (Wildman–Crippen MR) is 62.9 cm³/mol. The lowest BCUT2D eigenvalue weighted by Gasteiger charge is -1.98. The van der Waals surface area contributed by atoms with E-state index in [4.69, 9.17) is 0 Å². The molecule has 1 aliphatic rings. The van der Waals surface area contributed by atoms with Crippen LogP contribution in [-0.2, 0) is 6.54 Å². The first-order valence-corrected chi connectivity index (χ1v) is 5.90. The van der Waals surface area contributed by atoms with Gasteiger partial charge in [0.05, 0.1) is 0 Å². The summed E-state index contributed by atoms with van der Waals surface area (Å²) in [5.41, 5.74) is 2.76.